The Bertz CT molecular complexity index is 760. The van der Waals surface area contributed by atoms with Crippen molar-refractivity contribution in [1.82, 2.24) is 4.90 Å². The highest BCUT2D eigenvalue weighted by atomic mass is 16.3. The first kappa shape index (κ1) is 19.7. The summed E-state index contributed by atoms with van der Waals surface area (Å²) in [6.45, 7) is 6.46. The number of nitrogens with zero attached hydrogens (tertiary/aromatic N) is 1. The number of benzene rings is 1. The molecule has 3 fully saturated rings. The molecule has 0 radical (unpaired) electrons. The van der Waals surface area contributed by atoms with Crippen LogP contribution in [0, 0.1) is 18.8 Å². The summed E-state index contributed by atoms with van der Waals surface area (Å²) in [6.07, 6.45) is 7.00. The molecule has 154 valence electrons. The predicted octanol–water partition coefficient (Wildman–Crippen LogP) is 3.09. The van der Waals surface area contributed by atoms with Crippen LogP contribution >= 0.6 is 0 Å². The normalized spacial score (nSPS) is 33.9. The molecule has 1 aliphatic heterocycles. The summed E-state index contributed by atoms with van der Waals surface area (Å²) < 4.78 is 0. The molecule has 1 amide bonds. The Morgan fingerprint density at radius 1 is 1.29 bits per heavy atom. The fraction of sp³-hybridized carbons (Fsp3) is 0.696. The van der Waals surface area contributed by atoms with Gasteiger partial charge in [0.15, 0.2) is 0 Å². The highest BCUT2D eigenvalue weighted by Gasteiger charge is 2.53. The molecule has 1 aromatic carbocycles. The Kier molecular flexibility index (Phi) is 5.17. The van der Waals surface area contributed by atoms with E-state index >= 15 is 0 Å². The molecule has 0 bridgehead atoms. The van der Waals surface area contributed by atoms with Crippen LogP contribution in [-0.2, 0) is 5.41 Å². The molecule has 4 atom stereocenters. The molecule has 5 heteroatoms. The van der Waals surface area contributed by atoms with Gasteiger partial charge in [0.2, 0.25) is 0 Å². The number of primary amides is 1. The number of phenols is 1. The van der Waals surface area contributed by atoms with Crippen molar-refractivity contribution in [3.8, 4) is 5.75 Å². The van der Waals surface area contributed by atoms with Crippen LogP contribution in [0.2, 0.25) is 0 Å². The van der Waals surface area contributed by atoms with E-state index in [4.69, 9.17) is 5.73 Å². The third kappa shape index (κ3) is 3.13. The zero-order valence-corrected chi connectivity index (χ0v) is 17.2. The second-order valence-corrected chi connectivity index (χ2v) is 9.50. The van der Waals surface area contributed by atoms with Crippen LogP contribution in [0.3, 0.4) is 0 Å². The van der Waals surface area contributed by atoms with Crippen LogP contribution in [0.15, 0.2) is 12.1 Å². The summed E-state index contributed by atoms with van der Waals surface area (Å²) in [4.78, 5) is 14.5. The molecule has 28 heavy (non-hydrogen) atoms. The van der Waals surface area contributed by atoms with Crippen LogP contribution in [-0.4, -0.2) is 46.3 Å². The van der Waals surface area contributed by atoms with Gasteiger partial charge in [-0.15, -0.1) is 0 Å². The zero-order valence-electron chi connectivity index (χ0n) is 17.2. The summed E-state index contributed by atoms with van der Waals surface area (Å²) in [7, 11) is 0. The molecular formula is C23H34N2O3. The van der Waals surface area contributed by atoms with E-state index in [1.54, 1.807) is 6.07 Å². The van der Waals surface area contributed by atoms with Crippen molar-refractivity contribution in [2.75, 3.05) is 13.1 Å². The number of rotatable bonds is 4. The number of aromatic hydroxyl groups is 1. The van der Waals surface area contributed by atoms with Crippen molar-refractivity contribution in [3.63, 3.8) is 0 Å². The summed E-state index contributed by atoms with van der Waals surface area (Å²) >= 11 is 0. The Morgan fingerprint density at radius 3 is 2.68 bits per heavy atom. The number of likely N-dealkylation sites (tertiary alicyclic amines) is 1. The number of amides is 1. The number of aliphatic hydroxyl groups excluding tert-OH is 1. The van der Waals surface area contributed by atoms with Gasteiger partial charge in [0, 0.05) is 23.6 Å². The highest BCUT2D eigenvalue weighted by molar-refractivity contribution is 5.96. The summed E-state index contributed by atoms with van der Waals surface area (Å²) in [5, 5.41) is 21.7. The molecule has 0 spiro atoms. The highest BCUT2D eigenvalue weighted by Crippen LogP contribution is 2.55. The maximum Gasteiger partial charge on any atom is 0.252 e. The van der Waals surface area contributed by atoms with Gasteiger partial charge < -0.3 is 20.8 Å². The van der Waals surface area contributed by atoms with Crippen molar-refractivity contribution in [2.24, 2.45) is 17.6 Å². The molecule has 3 aliphatic rings. The number of aryl methyl sites for hydroxylation is 1. The standard InChI is InChI=1S/C23H34N2O3/c1-14-6-8-18(22(24)28)21(27)20(14)23-10-11-25(13-16-4-3-5-16)15(2)19(23)9-7-17(26)12-23/h6,8,15-17,19,26-27H,3-5,7,9-13H2,1-2H3,(H2,24,28)/t15-,17+,19+,23+/m1/s1. The average molecular weight is 387 g/mol. The number of hydrogen-bond donors (Lipinski definition) is 3. The monoisotopic (exact) mass is 386 g/mol. The van der Waals surface area contributed by atoms with Crippen LogP contribution in [0.5, 0.6) is 5.75 Å². The Balaban J connectivity index is 1.74. The number of aliphatic hydroxyl groups is 1. The van der Waals surface area contributed by atoms with E-state index in [9.17, 15) is 15.0 Å². The quantitative estimate of drug-likeness (QED) is 0.742. The van der Waals surface area contributed by atoms with Crippen molar-refractivity contribution in [1.29, 1.82) is 0 Å². The van der Waals surface area contributed by atoms with Crippen molar-refractivity contribution in [2.45, 2.75) is 76.4 Å². The largest absolute Gasteiger partial charge is 0.507 e. The van der Waals surface area contributed by atoms with Crippen LogP contribution in [0.25, 0.3) is 0 Å². The first-order chi connectivity index (χ1) is 13.3. The van der Waals surface area contributed by atoms with Crippen molar-refractivity contribution >= 4 is 5.91 Å². The minimum atomic E-state index is -0.599. The molecule has 0 aromatic heterocycles. The topological polar surface area (TPSA) is 86.8 Å². The summed E-state index contributed by atoms with van der Waals surface area (Å²) in [6, 6.07) is 3.92. The lowest BCUT2D eigenvalue weighted by Crippen LogP contribution is -2.59. The van der Waals surface area contributed by atoms with Gasteiger partial charge in [-0.25, -0.2) is 0 Å². The van der Waals surface area contributed by atoms with Gasteiger partial charge in [-0.3, -0.25) is 4.79 Å². The van der Waals surface area contributed by atoms with Gasteiger partial charge in [-0.2, -0.15) is 0 Å². The maximum atomic E-state index is 11.9. The lowest BCUT2D eigenvalue weighted by Gasteiger charge is -2.56. The molecule has 2 aliphatic carbocycles. The molecule has 2 saturated carbocycles. The third-order valence-electron chi connectivity index (χ3n) is 7.99. The van der Waals surface area contributed by atoms with Gasteiger partial charge in [-0.1, -0.05) is 12.5 Å². The first-order valence-electron chi connectivity index (χ1n) is 10.9. The van der Waals surface area contributed by atoms with Crippen molar-refractivity contribution in [3.05, 3.63) is 28.8 Å². The van der Waals surface area contributed by atoms with Crippen LogP contribution < -0.4 is 5.73 Å². The number of fused-ring (bicyclic) bond motifs is 1. The SMILES string of the molecule is Cc1ccc(C(N)=O)c(O)c1[C@]12CCN(CC3CCC3)[C@H](C)[C@@H]1CC[C@H](O)C2. The number of hydrogen-bond acceptors (Lipinski definition) is 4. The average Bonchev–Trinajstić information content (AvgIpc) is 2.59. The fourth-order valence-electron chi connectivity index (χ4n) is 6.31. The minimum Gasteiger partial charge on any atom is -0.507 e. The molecule has 1 aromatic rings. The van der Waals surface area contributed by atoms with E-state index in [-0.39, 0.29) is 22.8 Å². The Morgan fingerprint density at radius 2 is 2.04 bits per heavy atom. The molecule has 0 unspecified atom stereocenters. The number of carbonyl (C=O) groups is 1. The molecule has 5 nitrogen and oxygen atoms in total. The van der Waals surface area contributed by atoms with E-state index in [0.29, 0.717) is 18.4 Å². The van der Waals surface area contributed by atoms with E-state index in [2.05, 4.69) is 11.8 Å². The minimum absolute atomic E-state index is 0.0336. The van der Waals surface area contributed by atoms with Gasteiger partial charge >= 0.3 is 0 Å². The molecule has 1 heterocycles. The smallest absolute Gasteiger partial charge is 0.252 e. The van der Waals surface area contributed by atoms with Crippen LogP contribution in [0.1, 0.15) is 73.4 Å². The second-order valence-electron chi connectivity index (χ2n) is 9.50. The van der Waals surface area contributed by atoms with Gasteiger partial charge in [-0.05, 0) is 82.4 Å². The van der Waals surface area contributed by atoms with E-state index in [1.165, 1.54) is 25.8 Å². The van der Waals surface area contributed by atoms with E-state index in [1.807, 2.05) is 13.0 Å². The lowest BCUT2D eigenvalue weighted by molar-refractivity contribution is -0.0427. The van der Waals surface area contributed by atoms with E-state index < -0.39 is 5.91 Å². The molecule has 4 rings (SSSR count). The summed E-state index contributed by atoms with van der Waals surface area (Å²) in [5.74, 6) is 0.625. The summed E-state index contributed by atoms with van der Waals surface area (Å²) in [5.41, 5.74) is 7.26. The molecular weight excluding hydrogens is 352 g/mol. The first-order valence-corrected chi connectivity index (χ1v) is 10.9. The Hall–Kier alpha value is -1.59. The molecule has 4 N–H and O–H groups in total. The lowest BCUT2D eigenvalue weighted by atomic mass is 9.55. The Labute approximate surface area is 167 Å². The number of piperidine rings is 1. The second kappa shape index (κ2) is 7.34. The van der Waals surface area contributed by atoms with E-state index in [0.717, 1.165) is 42.9 Å². The number of nitrogens with two attached hydrogens (primary N) is 1. The maximum absolute atomic E-state index is 11.9. The van der Waals surface area contributed by atoms with Gasteiger partial charge in [0.1, 0.15) is 5.75 Å². The predicted molar refractivity (Wildman–Crippen MR) is 109 cm³/mol. The number of carbonyl (C=O) groups excluding carboxylic acids is 1. The van der Waals surface area contributed by atoms with Gasteiger partial charge in [0.25, 0.3) is 5.91 Å². The zero-order chi connectivity index (χ0) is 20.1. The van der Waals surface area contributed by atoms with Gasteiger partial charge in [0.05, 0.1) is 11.7 Å². The van der Waals surface area contributed by atoms with Crippen molar-refractivity contribution < 1.29 is 15.0 Å². The van der Waals surface area contributed by atoms with Crippen LogP contribution in [0.4, 0.5) is 0 Å². The third-order valence-corrected chi connectivity index (χ3v) is 7.99. The molecule has 1 saturated heterocycles. The fourth-order valence-corrected chi connectivity index (χ4v) is 6.31.